The Balaban J connectivity index is 1.39. The average Bonchev–Trinajstić information content (AvgIpc) is 3.18. The zero-order valence-corrected chi connectivity index (χ0v) is 19.6. The molecule has 4 fully saturated rings. The average molecular weight is 426 g/mol. The van der Waals surface area contributed by atoms with Crippen LogP contribution in [0.5, 0.6) is 0 Å². The fraction of sp³-hybridized carbons (Fsp3) is 0.815. The molecule has 0 aromatic carbocycles. The SMILES string of the molecule is CC1=C2C(=O)[C@@H]3[C@@H](CC=C4C[C@H](O)CC[C@@]43C)[C@H]2CC[C@@]12O[C@@H]1C[C@H](C)CN[C@@H]1[C@@H]2C. The van der Waals surface area contributed by atoms with E-state index in [2.05, 4.69) is 39.1 Å². The molecule has 10 atom stereocenters. The van der Waals surface area contributed by atoms with Crippen LogP contribution in [0.3, 0.4) is 0 Å². The Hall–Kier alpha value is -0.970. The molecule has 31 heavy (non-hydrogen) atoms. The molecule has 0 bridgehead atoms. The number of aliphatic hydroxyl groups is 1. The van der Waals surface area contributed by atoms with Crippen LogP contribution in [0.2, 0.25) is 0 Å². The standard InChI is InChI=1S/C27H39NO3/c1-14-11-21-24(28-13-14)16(3)27(31-21)10-8-19-20-6-5-17-12-18(29)7-9-26(17,4)23(20)25(30)22(19)15(27)2/h5,14,16,18-21,23-24,28-29H,6-13H2,1-4H3/t14-,16-,18+,19+,20-,21+,23-,24+,26-,27+/m0/s1. The van der Waals surface area contributed by atoms with Gasteiger partial charge in [0.1, 0.15) is 0 Å². The predicted molar refractivity (Wildman–Crippen MR) is 120 cm³/mol. The number of piperidine rings is 1. The summed E-state index contributed by atoms with van der Waals surface area (Å²) in [6.45, 7) is 10.3. The van der Waals surface area contributed by atoms with Crippen LogP contribution in [-0.2, 0) is 9.53 Å². The molecule has 1 spiro atoms. The molecule has 6 aliphatic rings. The molecule has 0 aromatic rings. The number of rotatable bonds is 0. The summed E-state index contributed by atoms with van der Waals surface area (Å²) in [6.07, 6.45) is 9.23. The van der Waals surface area contributed by atoms with Gasteiger partial charge in [0.15, 0.2) is 5.78 Å². The van der Waals surface area contributed by atoms with E-state index < -0.39 is 0 Å². The van der Waals surface area contributed by atoms with E-state index in [9.17, 15) is 9.90 Å². The number of ether oxygens (including phenoxy) is 1. The van der Waals surface area contributed by atoms with Gasteiger partial charge in [-0.05, 0) is 87.2 Å². The van der Waals surface area contributed by atoms with Gasteiger partial charge < -0.3 is 15.2 Å². The van der Waals surface area contributed by atoms with Crippen molar-refractivity contribution in [2.24, 2.45) is 35.0 Å². The van der Waals surface area contributed by atoms with Crippen LogP contribution >= 0.6 is 0 Å². The number of allylic oxidation sites excluding steroid dienone is 2. The lowest BCUT2D eigenvalue weighted by atomic mass is 9.56. The lowest BCUT2D eigenvalue weighted by Crippen LogP contribution is -2.49. The van der Waals surface area contributed by atoms with Gasteiger partial charge in [-0.15, -0.1) is 0 Å². The maximum Gasteiger partial charge on any atom is 0.163 e. The summed E-state index contributed by atoms with van der Waals surface area (Å²) < 4.78 is 6.93. The Morgan fingerprint density at radius 1 is 1.23 bits per heavy atom. The largest absolute Gasteiger partial charge is 0.393 e. The van der Waals surface area contributed by atoms with E-state index in [1.54, 1.807) is 0 Å². The van der Waals surface area contributed by atoms with Gasteiger partial charge in [-0.1, -0.05) is 32.4 Å². The highest BCUT2D eigenvalue weighted by Gasteiger charge is 2.63. The maximum atomic E-state index is 14.1. The minimum Gasteiger partial charge on any atom is -0.393 e. The summed E-state index contributed by atoms with van der Waals surface area (Å²) >= 11 is 0. The number of aliphatic hydroxyl groups excluding tert-OH is 1. The summed E-state index contributed by atoms with van der Waals surface area (Å²) in [5.74, 6) is 2.41. The fourth-order valence-electron chi connectivity index (χ4n) is 8.93. The molecule has 0 amide bonds. The van der Waals surface area contributed by atoms with Gasteiger partial charge in [0.25, 0.3) is 0 Å². The van der Waals surface area contributed by atoms with Gasteiger partial charge in [0.2, 0.25) is 0 Å². The first-order chi connectivity index (χ1) is 14.8. The van der Waals surface area contributed by atoms with Crippen LogP contribution in [0.1, 0.15) is 72.6 Å². The number of nitrogens with one attached hydrogen (secondary N) is 1. The first kappa shape index (κ1) is 20.6. The van der Waals surface area contributed by atoms with Crippen LogP contribution < -0.4 is 5.32 Å². The smallest absolute Gasteiger partial charge is 0.163 e. The molecule has 2 saturated heterocycles. The van der Waals surface area contributed by atoms with Crippen LogP contribution in [0.15, 0.2) is 22.8 Å². The van der Waals surface area contributed by atoms with Crippen molar-refractivity contribution in [1.82, 2.24) is 5.32 Å². The zero-order valence-electron chi connectivity index (χ0n) is 19.6. The molecule has 2 aliphatic heterocycles. The van der Waals surface area contributed by atoms with Gasteiger partial charge in [-0.3, -0.25) is 4.79 Å². The van der Waals surface area contributed by atoms with Crippen molar-refractivity contribution in [3.8, 4) is 0 Å². The van der Waals surface area contributed by atoms with E-state index in [4.69, 9.17) is 4.74 Å². The summed E-state index contributed by atoms with van der Waals surface area (Å²) in [5, 5.41) is 14.0. The molecule has 0 radical (unpaired) electrons. The summed E-state index contributed by atoms with van der Waals surface area (Å²) in [7, 11) is 0. The van der Waals surface area contributed by atoms with Crippen molar-refractivity contribution in [3.05, 3.63) is 22.8 Å². The summed E-state index contributed by atoms with van der Waals surface area (Å²) in [6, 6.07) is 0.410. The molecule has 2 heterocycles. The lowest BCUT2D eigenvalue weighted by molar-refractivity contribution is -0.123. The topological polar surface area (TPSA) is 58.6 Å². The van der Waals surface area contributed by atoms with Crippen LogP contribution in [0.4, 0.5) is 0 Å². The third-order valence-corrected chi connectivity index (χ3v) is 10.6. The van der Waals surface area contributed by atoms with Gasteiger partial charge in [-0.25, -0.2) is 0 Å². The molecule has 2 saturated carbocycles. The van der Waals surface area contributed by atoms with Crippen LogP contribution in [0, 0.1) is 35.0 Å². The normalized spacial score (nSPS) is 53.7. The van der Waals surface area contributed by atoms with Crippen molar-refractivity contribution < 1.29 is 14.6 Å². The van der Waals surface area contributed by atoms with Crippen molar-refractivity contribution >= 4 is 5.78 Å². The third kappa shape index (κ3) is 2.62. The molecule has 0 aromatic heterocycles. The second kappa shape index (κ2) is 6.77. The molecule has 4 nitrogen and oxygen atoms in total. The molecule has 6 rings (SSSR count). The van der Waals surface area contributed by atoms with E-state index in [1.807, 2.05) is 0 Å². The quantitative estimate of drug-likeness (QED) is 0.572. The van der Waals surface area contributed by atoms with Gasteiger partial charge in [0.05, 0.1) is 17.8 Å². The Bertz CT molecular complexity index is 876. The number of hydrogen-bond donors (Lipinski definition) is 2. The van der Waals surface area contributed by atoms with Gasteiger partial charge in [-0.2, -0.15) is 0 Å². The highest BCUT2D eigenvalue weighted by atomic mass is 16.5. The van der Waals surface area contributed by atoms with Gasteiger partial charge in [0, 0.05) is 23.5 Å². The number of carbonyl (C=O) groups is 1. The van der Waals surface area contributed by atoms with Crippen LogP contribution in [-0.4, -0.2) is 41.3 Å². The molecule has 0 unspecified atom stereocenters. The van der Waals surface area contributed by atoms with E-state index in [-0.39, 0.29) is 29.1 Å². The Morgan fingerprint density at radius 3 is 2.84 bits per heavy atom. The number of fused-ring (bicyclic) bond motifs is 6. The Labute approximate surface area is 186 Å². The summed E-state index contributed by atoms with van der Waals surface area (Å²) in [5.41, 5.74) is 3.43. The lowest BCUT2D eigenvalue weighted by Gasteiger charge is -2.48. The van der Waals surface area contributed by atoms with Crippen molar-refractivity contribution in [1.29, 1.82) is 0 Å². The molecule has 170 valence electrons. The second-order valence-corrected chi connectivity index (χ2v) is 12.1. The number of Topliss-reactive ketones (excluding diaryl/α,β-unsaturated/α-hetero) is 1. The second-order valence-electron chi connectivity index (χ2n) is 12.1. The van der Waals surface area contributed by atoms with Crippen molar-refractivity contribution in [3.63, 3.8) is 0 Å². The van der Waals surface area contributed by atoms with E-state index >= 15 is 0 Å². The maximum absolute atomic E-state index is 14.1. The highest BCUT2D eigenvalue weighted by molar-refractivity contribution is 6.02. The molecular weight excluding hydrogens is 386 g/mol. The van der Waals surface area contributed by atoms with E-state index in [1.165, 1.54) is 11.1 Å². The van der Waals surface area contributed by atoms with Crippen molar-refractivity contribution in [2.75, 3.05) is 6.54 Å². The molecule has 4 heteroatoms. The van der Waals surface area contributed by atoms with E-state index in [0.29, 0.717) is 35.5 Å². The zero-order chi connectivity index (χ0) is 21.7. The minimum atomic E-state index is -0.263. The fourth-order valence-corrected chi connectivity index (χ4v) is 8.93. The number of ketones is 1. The number of hydrogen-bond acceptors (Lipinski definition) is 4. The third-order valence-electron chi connectivity index (χ3n) is 10.6. The first-order valence-corrected chi connectivity index (χ1v) is 12.8. The summed E-state index contributed by atoms with van der Waals surface area (Å²) in [4.78, 5) is 14.1. The van der Waals surface area contributed by atoms with Crippen molar-refractivity contribution in [2.45, 2.75) is 96.5 Å². The van der Waals surface area contributed by atoms with E-state index in [0.717, 1.165) is 57.1 Å². The molecule has 2 N–H and O–H groups in total. The number of carbonyl (C=O) groups excluding carboxylic acids is 1. The van der Waals surface area contributed by atoms with Crippen LogP contribution in [0.25, 0.3) is 0 Å². The Morgan fingerprint density at radius 2 is 2.03 bits per heavy atom. The molecular formula is C27H39NO3. The highest BCUT2D eigenvalue weighted by Crippen LogP contribution is 2.63. The van der Waals surface area contributed by atoms with Gasteiger partial charge >= 0.3 is 0 Å². The molecule has 4 aliphatic carbocycles. The first-order valence-electron chi connectivity index (χ1n) is 12.8. The Kier molecular flexibility index (Phi) is 4.51. The monoisotopic (exact) mass is 425 g/mol. The minimum absolute atomic E-state index is 0.0653. The predicted octanol–water partition coefficient (Wildman–Crippen LogP) is 4.18.